The average Bonchev–Trinajstić information content (AvgIpc) is 3.46. The number of carbonyl (C=O) groups excluding carboxylic acids is 2. The molecule has 8 heteroatoms. The molecular formula is C33H41N3O4S. The standard InChI is InChI=1S/C33H41N3O4S/c1-26-13-11-20-30(23-26)36(41(2,39)40)22-12-21-32(37)35(25-28-16-7-4-8-17-28)31(24-27-14-5-3-6-15-27)33(38)34-29-18-9-10-19-29/h3-8,11,13-17,20,23,29,31H,9-10,12,18-19,21-22,24-25H2,1-2H3,(H,34,38)/t31-/m0/s1. The van der Waals surface area contributed by atoms with E-state index in [9.17, 15) is 18.0 Å². The van der Waals surface area contributed by atoms with Crippen LogP contribution in [0.5, 0.6) is 0 Å². The van der Waals surface area contributed by atoms with Gasteiger partial charge in [0.25, 0.3) is 0 Å². The van der Waals surface area contributed by atoms with Crippen LogP contribution in [0.2, 0.25) is 0 Å². The fourth-order valence-corrected chi connectivity index (χ4v) is 6.45. The molecule has 4 rings (SSSR count). The van der Waals surface area contributed by atoms with Crippen LogP contribution in [0.25, 0.3) is 0 Å². The smallest absolute Gasteiger partial charge is 0.243 e. The van der Waals surface area contributed by atoms with Gasteiger partial charge in [0.05, 0.1) is 11.9 Å². The number of nitrogens with zero attached hydrogens (tertiary/aromatic N) is 2. The van der Waals surface area contributed by atoms with Gasteiger partial charge in [-0.2, -0.15) is 0 Å². The van der Waals surface area contributed by atoms with E-state index in [1.54, 1.807) is 11.0 Å². The summed E-state index contributed by atoms with van der Waals surface area (Å²) in [5, 5.41) is 3.22. The molecule has 3 aromatic carbocycles. The molecule has 41 heavy (non-hydrogen) atoms. The van der Waals surface area contributed by atoms with Gasteiger partial charge in [0.1, 0.15) is 6.04 Å². The second-order valence-corrected chi connectivity index (χ2v) is 12.9. The lowest BCUT2D eigenvalue weighted by Crippen LogP contribution is -2.52. The van der Waals surface area contributed by atoms with E-state index in [1.807, 2.05) is 85.8 Å². The van der Waals surface area contributed by atoms with E-state index in [0.717, 1.165) is 42.4 Å². The molecule has 1 aliphatic carbocycles. The monoisotopic (exact) mass is 575 g/mol. The van der Waals surface area contributed by atoms with E-state index in [1.165, 1.54) is 10.6 Å². The maximum Gasteiger partial charge on any atom is 0.243 e. The summed E-state index contributed by atoms with van der Waals surface area (Å²) in [5.41, 5.74) is 3.45. The average molecular weight is 576 g/mol. The number of nitrogens with one attached hydrogen (secondary N) is 1. The maximum atomic E-state index is 13.9. The van der Waals surface area contributed by atoms with Gasteiger partial charge in [0, 0.05) is 32.0 Å². The Kier molecular flexibility index (Phi) is 10.6. The van der Waals surface area contributed by atoms with Crippen LogP contribution in [0.15, 0.2) is 84.9 Å². The molecule has 0 saturated heterocycles. The summed E-state index contributed by atoms with van der Waals surface area (Å²) in [6, 6.07) is 26.2. The van der Waals surface area contributed by atoms with Gasteiger partial charge < -0.3 is 10.2 Å². The van der Waals surface area contributed by atoms with Crippen molar-refractivity contribution in [3.05, 3.63) is 102 Å². The second kappa shape index (κ2) is 14.3. The summed E-state index contributed by atoms with van der Waals surface area (Å²) in [6.07, 6.45) is 6.13. The van der Waals surface area contributed by atoms with Crippen molar-refractivity contribution in [1.82, 2.24) is 10.2 Å². The summed E-state index contributed by atoms with van der Waals surface area (Å²) < 4.78 is 26.6. The van der Waals surface area contributed by atoms with Crippen molar-refractivity contribution < 1.29 is 18.0 Å². The van der Waals surface area contributed by atoms with Crippen molar-refractivity contribution in [1.29, 1.82) is 0 Å². The van der Waals surface area contributed by atoms with Gasteiger partial charge >= 0.3 is 0 Å². The van der Waals surface area contributed by atoms with Crippen LogP contribution in [0.3, 0.4) is 0 Å². The number of benzene rings is 3. The molecular weight excluding hydrogens is 534 g/mol. The Morgan fingerprint density at radius 1 is 0.902 bits per heavy atom. The Morgan fingerprint density at radius 2 is 1.54 bits per heavy atom. The lowest BCUT2D eigenvalue weighted by molar-refractivity contribution is -0.141. The van der Waals surface area contributed by atoms with Crippen LogP contribution in [0.4, 0.5) is 5.69 Å². The minimum Gasteiger partial charge on any atom is -0.352 e. The quantitative estimate of drug-likeness (QED) is 0.302. The lowest BCUT2D eigenvalue weighted by Gasteiger charge is -2.33. The van der Waals surface area contributed by atoms with Crippen molar-refractivity contribution in [2.24, 2.45) is 0 Å². The number of sulfonamides is 1. The van der Waals surface area contributed by atoms with E-state index in [0.29, 0.717) is 25.1 Å². The minimum atomic E-state index is -3.54. The summed E-state index contributed by atoms with van der Waals surface area (Å²) >= 11 is 0. The highest BCUT2D eigenvalue weighted by Gasteiger charge is 2.32. The Bertz CT molecular complexity index is 1390. The van der Waals surface area contributed by atoms with E-state index >= 15 is 0 Å². The highest BCUT2D eigenvalue weighted by molar-refractivity contribution is 7.92. The summed E-state index contributed by atoms with van der Waals surface area (Å²) in [6.45, 7) is 2.38. The molecule has 1 aliphatic rings. The normalized spacial score (nSPS) is 14.4. The van der Waals surface area contributed by atoms with Crippen LogP contribution in [-0.4, -0.2) is 50.0 Å². The third-order valence-corrected chi connectivity index (χ3v) is 8.80. The Hall–Kier alpha value is -3.65. The number of hydrogen-bond acceptors (Lipinski definition) is 4. The van der Waals surface area contributed by atoms with Crippen LogP contribution in [-0.2, 0) is 32.6 Å². The first-order valence-corrected chi connectivity index (χ1v) is 16.3. The van der Waals surface area contributed by atoms with Crippen molar-refractivity contribution in [2.75, 3.05) is 17.1 Å². The Balaban J connectivity index is 1.56. The molecule has 0 spiro atoms. The highest BCUT2D eigenvalue weighted by atomic mass is 32.2. The number of aryl methyl sites for hydroxylation is 1. The zero-order valence-corrected chi connectivity index (χ0v) is 24.9. The zero-order valence-electron chi connectivity index (χ0n) is 24.0. The van der Waals surface area contributed by atoms with E-state index in [2.05, 4.69) is 5.32 Å². The first-order valence-electron chi connectivity index (χ1n) is 14.4. The molecule has 0 unspecified atom stereocenters. The molecule has 7 nitrogen and oxygen atoms in total. The molecule has 0 bridgehead atoms. The predicted octanol–water partition coefficient (Wildman–Crippen LogP) is 5.24. The summed E-state index contributed by atoms with van der Waals surface area (Å²) in [4.78, 5) is 29.4. The molecule has 1 fully saturated rings. The van der Waals surface area contributed by atoms with E-state index < -0.39 is 16.1 Å². The summed E-state index contributed by atoms with van der Waals surface area (Å²) in [5.74, 6) is -0.309. The van der Waals surface area contributed by atoms with Gasteiger partial charge in [0.2, 0.25) is 21.8 Å². The molecule has 0 aromatic heterocycles. The zero-order chi connectivity index (χ0) is 29.2. The van der Waals surface area contributed by atoms with Gasteiger partial charge in [-0.1, -0.05) is 85.6 Å². The molecule has 1 atom stereocenters. The van der Waals surface area contributed by atoms with E-state index in [-0.39, 0.29) is 30.8 Å². The number of rotatable bonds is 13. The SMILES string of the molecule is Cc1cccc(N(CCCC(=O)N(Cc2ccccc2)[C@@H](Cc2ccccc2)C(=O)NC2CCCC2)S(C)(=O)=O)c1. The van der Waals surface area contributed by atoms with Gasteiger partial charge in [-0.25, -0.2) is 8.42 Å². The third-order valence-electron chi connectivity index (χ3n) is 7.61. The van der Waals surface area contributed by atoms with Crippen molar-refractivity contribution in [3.63, 3.8) is 0 Å². The Morgan fingerprint density at radius 3 is 2.15 bits per heavy atom. The molecule has 218 valence electrons. The molecule has 1 saturated carbocycles. The minimum absolute atomic E-state index is 0.118. The molecule has 0 radical (unpaired) electrons. The van der Waals surface area contributed by atoms with Crippen LogP contribution in [0.1, 0.15) is 55.2 Å². The Labute approximate surface area is 244 Å². The fraction of sp³-hybridized carbons (Fsp3) is 0.394. The van der Waals surface area contributed by atoms with Crippen LogP contribution in [0, 0.1) is 6.92 Å². The predicted molar refractivity (Wildman–Crippen MR) is 164 cm³/mol. The first-order chi connectivity index (χ1) is 19.7. The maximum absolute atomic E-state index is 13.9. The van der Waals surface area contributed by atoms with E-state index in [4.69, 9.17) is 0 Å². The van der Waals surface area contributed by atoms with Gasteiger partial charge in [-0.3, -0.25) is 13.9 Å². The van der Waals surface area contributed by atoms with Gasteiger partial charge in [-0.15, -0.1) is 0 Å². The molecule has 0 heterocycles. The molecule has 3 aromatic rings. The second-order valence-electron chi connectivity index (χ2n) is 11.0. The van der Waals surface area contributed by atoms with Crippen molar-refractivity contribution in [3.8, 4) is 0 Å². The summed E-state index contributed by atoms with van der Waals surface area (Å²) in [7, 11) is -3.54. The van der Waals surface area contributed by atoms with Crippen molar-refractivity contribution in [2.45, 2.75) is 70.5 Å². The molecule has 2 amide bonds. The lowest BCUT2D eigenvalue weighted by atomic mass is 10.0. The highest BCUT2D eigenvalue weighted by Crippen LogP contribution is 2.22. The number of amides is 2. The third kappa shape index (κ3) is 8.92. The number of anilines is 1. The number of hydrogen-bond donors (Lipinski definition) is 1. The van der Waals surface area contributed by atoms with Gasteiger partial charge in [-0.05, 0) is 55.0 Å². The first kappa shape index (κ1) is 30.3. The van der Waals surface area contributed by atoms with Crippen molar-refractivity contribution >= 4 is 27.5 Å². The van der Waals surface area contributed by atoms with Crippen LogP contribution >= 0.6 is 0 Å². The molecule has 1 N–H and O–H groups in total. The topological polar surface area (TPSA) is 86.8 Å². The van der Waals surface area contributed by atoms with Gasteiger partial charge in [0.15, 0.2) is 0 Å². The fourth-order valence-electron chi connectivity index (χ4n) is 5.49. The van der Waals surface area contributed by atoms with Crippen LogP contribution < -0.4 is 9.62 Å². The number of carbonyl (C=O) groups is 2. The largest absolute Gasteiger partial charge is 0.352 e. The molecule has 0 aliphatic heterocycles.